The molecule has 1 aliphatic heterocycles. The van der Waals surface area contributed by atoms with Crippen molar-refractivity contribution in [2.24, 2.45) is 5.92 Å². The first kappa shape index (κ1) is 18.3. The van der Waals surface area contributed by atoms with Crippen LogP contribution in [-0.2, 0) is 4.74 Å². The zero-order valence-corrected chi connectivity index (χ0v) is 15.8. The average Bonchev–Trinajstić information content (AvgIpc) is 3.08. The molecule has 0 saturated carbocycles. The van der Waals surface area contributed by atoms with Crippen LogP contribution in [0.25, 0.3) is 0 Å². The van der Waals surface area contributed by atoms with Gasteiger partial charge >= 0.3 is 6.09 Å². The predicted octanol–water partition coefficient (Wildman–Crippen LogP) is 4.35. The van der Waals surface area contributed by atoms with Crippen LogP contribution < -0.4 is 5.32 Å². The molecule has 0 radical (unpaired) electrons. The first-order valence-corrected chi connectivity index (χ1v) is 9.45. The molecule has 0 bridgehead atoms. The first-order chi connectivity index (χ1) is 10.8. The molecule has 1 N–H and O–H groups in total. The average molecular weight is 339 g/mol. The topological polar surface area (TPSA) is 41.6 Å². The number of hydrogen-bond donors (Lipinski definition) is 1. The van der Waals surface area contributed by atoms with Crippen LogP contribution in [0.3, 0.4) is 0 Å². The number of hydrogen-bond acceptors (Lipinski definition) is 4. The molecule has 0 aromatic carbocycles. The van der Waals surface area contributed by atoms with Crippen molar-refractivity contribution in [3.63, 3.8) is 0 Å². The Labute approximate surface area is 144 Å². The second kappa shape index (κ2) is 7.67. The third kappa shape index (κ3) is 4.95. The monoisotopic (exact) mass is 338 g/mol. The van der Waals surface area contributed by atoms with Crippen LogP contribution >= 0.6 is 11.3 Å². The number of thiophene rings is 1. The molecule has 1 aromatic heterocycles. The molecule has 5 heteroatoms. The van der Waals surface area contributed by atoms with Gasteiger partial charge in [0.1, 0.15) is 5.60 Å². The van der Waals surface area contributed by atoms with E-state index in [1.54, 1.807) is 11.3 Å². The number of ether oxygens (including phenoxy) is 1. The van der Waals surface area contributed by atoms with Gasteiger partial charge in [-0.1, -0.05) is 6.92 Å². The van der Waals surface area contributed by atoms with E-state index >= 15 is 0 Å². The Morgan fingerprint density at radius 3 is 2.83 bits per heavy atom. The summed E-state index contributed by atoms with van der Waals surface area (Å²) in [6.45, 7) is 12.7. The van der Waals surface area contributed by atoms with Gasteiger partial charge in [-0.3, -0.25) is 0 Å². The summed E-state index contributed by atoms with van der Waals surface area (Å²) in [6.07, 6.45) is 1.95. The van der Waals surface area contributed by atoms with Crippen molar-refractivity contribution in [2.45, 2.75) is 59.1 Å². The van der Waals surface area contributed by atoms with E-state index < -0.39 is 5.60 Å². The van der Waals surface area contributed by atoms with E-state index in [0.29, 0.717) is 12.0 Å². The number of likely N-dealkylation sites (tertiary alicyclic amines) is 1. The lowest BCUT2D eigenvalue weighted by molar-refractivity contribution is 0.0285. The maximum absolute atomic E-state index is 12.3. The van der Waals surface area contributed by atoms with E-state index in [9.17, 15) is 4.79 Å². The Morgan fingerprint density at radius 1 is 1.52 bits per heavy atom. The fourth-order valence-electron chi connectivity index (χ4n) is 3.10. The van der Waals surface area contributed by atoms with E-state index in [-0.39, 0.29) is 6.09 Å². The van der Waals surface area contributed by atoms with Crippen LogP contribution in [-0.4, -0.2) is 36.2 Å². The molecule has 0 aliphatic carbocycles. The number of rotatable bonds is 5. The minimum atomic E-state index is -0.432. The van der Waals surface area contributed by atoms with Crippen molar-refractivity contribution in [3.8, 4) is 0 Å². The van der Waals surface area contributed by atoms with Crippen molar-refractivity contribution >= 4 is 17.4 Å². The van der Waals surface area contributed by atoms with Crippen LogP contribution in [0.1, 0.15) is 57.0 Å². The molecule has 23 heavy (non-hydrogen) atoms. The van der Waals surface area contributed by atoms with Gasteiger partial charge in [-0.05, 0) is 70.0 Å². The highest BCUT2D eigenvalue weighted by Gasteiger charge is 2.35. The lowest BCUT2D eigenvalue weighted by atomic mass is 9.92. The smallest absolute Gasteiger partial charge is 0.410 e. The molecule has 1 amide bonds. The zero-order valence-electron chi connectivity index (χ0n) is 15.0. The summed E-state index contributed by atoms with van der Waals surface area (Å²) >= 11 is 1.79. The maximum Gasteiger partial charge on any atom is 0.410 e. The normalized spacial score (nSPS) is 19.9. The van der Waals surface area contributed by atoms with Crippen molar-refractivity contribution in [1.29, 1.82) is 0 Å². The van der Waals surface area contributed by atoms with Crippen LogP contribution in [0.5, 0.6) is 0 Å². The second-order valence-electron chi connectivity index (χ2n) is 7.34. The molecule has 1 aliphatic rings. The second-order valence-corrected chi connectivity index (χ2v) is 8.46. The van der Waals surface area contributed by atoms with Crippen LogP contribution in [0.2, 0.25) is 0 Å². The molecule has 1 saturated heterocycles. The lowest BCUT2D eigenvalue weighted by Gasteiger charge is -2.27. The molecular weight excluding hydrogens is 308 g/mol. The highest BCUT2D eigenvalue weighted by atomic mass is 32.1. The number of nitrogens with one attached hydrogen (secondary N) is 1. The van der Waals surface area contributed by atoms with Gasteiger partial charge in [0.25, 0.3) is 0 Å². The molecule has 1 fully saturated rings. The third-order valence-corrected chi connectivity index (χ3v) is 5.06. The highest BCUT2D eigenvalue weighted by molar-refractivity contribution is 7.10. The Kier molecular flexibility index (Phi) is 6.09. The van der Waals surface area contributed by atoms with Crippen LogP contribution in [0.15, 0.2) is 11.4 Å². The van der Waals surface area contributed by atoms with Gasteiger partial charge in [0.15, 0.2) is 0 Å². The summed E-state index contributed by atoms with van der Waals surface area (Å²) in [6, 6.07) is 2.55. The molecular formula is C18H30N2O2S. The van der Waals surface area contributed by atoms with E-state index in [0.717, 1.165) is 32.5 Å². The van der Waals surface area contributed by atoms with Gasteiger partial charge in [0.05, 0.1) is 0 Å². The number of carbonyl (C=O) groups excluding carboxylic acids is 1. The summed E-state index contributed by atoms with van der Waals surface area (Å²) in [5.41, 5.74) is 0.957. The molecule has 0 spiro atoms. The van der Waals surface area contributed by atoms with E-state index in [2.05, 4.69) is 30.6 Å². The van der Waals surface area contributed by atoms with E-state index in [1.165, 1.54) is 10.4 Å². The van der Waals surface area contributed by atoms with E-state index in [1.807, 2.05) is 25.7 Å². The standard InChI is InChI=1S/C18H30N2O2S/c1-6-9-19-16(15-8-11-23-13(15)2)14-7-10-20(12-14)17(21)22-18(3,4)5/h8,11,14,16,19H,6-7,9-10,12H2,1-5H3. The van der Waals surface area contributed by atoms with Crippen molar-refractivity contribution in [1.82, 2.24) is 10.2 Å². The Morgan fingerprint density at radius 2 is 2.26 bits per heavy atom. The van der Waals surface area contributed by atoms with Crippen molar-refractivity contribution in [3.05, 3.63) is 21.9 Å². The van der Waals surface area contributed by atoms with Gasteiger partial charge in [-0.25, -0.2) is 4.79 Å². The number of carbonyl (C=O) groups is 1. The summed E-state index contributed by atoms with van der Waals surface area (Å²) in [7, 11) is 0. The Balaban J connectivity index is 2.04. The van der Waals surface area contributed by atoms with Gasteiger partial charge in [-0.2, -0.15) is 0 Å². The zero-order chi connectivity index (χ0) is 17.0. The lowest BCUT2D eigenvalue weighted by Crippen LogP contribution is -2.37. The van der Waals surface area contributed by atoms with Crippen molar-refractivity contribution in [2.75, 3.05) is 19.6 Å². The molecule has 2 heterocycles. The summed E-state index contributed by atoms with van der Waals surface area (Å²) in [5.74, 6) is 0.447. The predicted molar refractivity (Wildman–Crippen MR) is 96.0 cm³/mol. The van der Waals surface area contributed by atoms with Crippen LogP contribution in [0.4, 0.5) is 4.79 Å². The third-order valence-electron chi connectivity index (χ3n) is 4.20. The number of amides is 1. The highest BCUT2D eigenvalue weighted by Crippen LogP contribution is 2.34. The number of nitrogens with zero attached hydrogens (tertiary/aromatic N) is 1. The van der Waals surface area contributed by atoms with Gasteiger partial charge < -0.3 is 15.0 Å². The fourth-order valence-corrected chi connectivity index (χ4v) is 3.85. The minimum Gasteiger partial charge on any atom is -0.444 e. The van der Waals surface area contributed by atoms with Crippen LogP contribution in [0, 0.1) is 12.8 Å². The Bertz CT molecular complexity index is 521. The quantitative estimate of drug-likeness (QED) is 0.867. The maximum atomic E-state index is 12.3. The molecule has 2 unspecified atom stereocenters. The molecule has 2 rings (SSSR count). The van der Waals surface area contributed by atoms with Crippen molar-refractivity contribution < 1.29 is 9.53 Å². The first-order valence-electron chi connectivity index (χ1n) is 8.57. The summed E-state index contributed by atoms with van der Waals surface area (Å²) in [5, 5.41) is 5.85. The fraction of sp³-hybridized carbons (Fsp3) is 0.722. The largest absolute Gasteiger partial charge is 0.444 e. The van der Waals surface area contributed by atoms with Gasteiger partial charge in [-0.15, -0.1) is 11.3 Å². The molecule has 4 nitrogen and oxygen atoms in total. The molecule has 1 aromatic rings. The summed E-state index contributed by atoms with van der Waals surface area (Å²) < 4.78 is 5.51. The SMILES string of the molecule is CCCNC(c1ccsc1C)C1CCN(C(=O)OC(C)(C)C)C1. The molecule has 130 valence electrons. The molecule has 2 atom stereocenters. The summed E-state index contributed by atoms with van der Waals surface area (Å²) in [4.78, 5) is 15.5. The minimum absolute atomic E-state index is 0.184. The Hall–Kier alpha value is -1.07. The number of aryl methyl sites for hydroxylation is 1. The van der Waals surface area contributed by atoms with Gasteiger partial charge in [0.2, 0.25) is 0 Å². The van der Waals surface area contributed by atoms with E-state index in [4.69, 9.17) is 4.74 Å². The van der Waals surface area contributed by atoms with Gasteiger partial charge in [0, 0.05) is 24.0 Å².